The molecule has 3 heterocycles. The molecule has 0 bridgehead atoms. The second-order valence-corrected chi connectivity index (χ2v) is 7.63. The Bertz CT molecular complexity index is 634. The van der Waals surface area contributed by atoms with Crippen LogP contribution in [-0.2, 0) is 11.3 Å². The Hall–Kier alpha value is -2.05. The van der Waals surface area contributed by atoms with E-state index in [4.69, 9.17) is 0 Å². The summed E-state index contributed by atoms with van der Waals surface area (Å²) in [6.45, 7) is 6.00. The second kappa shape index (κ2) is 8.10. The van der Waals surface area contributed by atoms with Gasteiger partial charge in [-0.25, -0.2) is 9.78 Å². The van der Waals surface area contributed by atoms with Crippen LogP contribution in [0, 0.1) is 5.92 Å². The molecule has 26 heavy (non-hydrogen) atoms. The lowest BCUT2D eigenvalue weighted by Gasteiger charge is -2.38. The number of aryl methyl sites for hydroxylation is 1. The molecule has 1 atom stereocenters. The molecule has 0 saturated carbocycles. The van der Waals surface area contributed by atoms with Crippen LogP contribution in [0.5, 0.6) is 0 Å². The molecule has 2 fully saturated rings. The first-order chi connectivity index (χ1) is 12.5. The number of urea groups is 1. The normalized spacial score (nSPS) is 21.7. The third kappa shape index (κ3) is 3.86. The zero-order valence-electron chi connectivity index (χ0n) is 16.2. The van der Waals surface area contributed by atoms with Crippen LogP contribution < -0.4 is 0 Å². The summed E-state index contributed by atoms with van der Waals surface area (Å²) in [6.07, 6.45) is 7.54. The molecule has 7 heteroatoms. The zero-order valence-corrected chi connectivity index (χ0v) is 16.2. The smallest absolute Gasteiger partial charge is 0.319 e. The van der Waals surface area contributed by atoms with Crippen molar-refractivity contribution < 1.29 is 9.59 Å². The highest BCUT2D eigenvalue weighted by atomic mass is 16.2. The predicted octanol–water partition coefficient (Wildman–Crippen LogP) is 2.00. The molecule has 0 N–H and O–H groups in total. The molecular formula is C19H31N5O2. The van der Waals surface area contributed by atoms with Gasteiger partial charge < -0.3 is 19.3 Å². The summed E-state index contributed by atoms with van der Waals surface area (Å²) in [6, 6.07) is 0.0420. The number of hydrogen-bond acceptors (Lipinski definition) is 3. The number of hydrogen-bond donors (Lipinski definition) is 0. The fraction of sp³-hybridized carbons (Fsp3) is 0.737. The molecular weight excluding hydrogens is 330 g/mol. The van der Waals surface area contributed by atoms with Crippen LogP contribution in [0.3, 0.4) is 0 Å². The van der Waals surface area contributed by atoms with Crippen molar-refractivity contribution in [1.29, 1.82) is 0 Å². The number of rotatable bonds is 3. The Balaban J connectivity index is 1.57. The lowest BCUT2D eigenvalue weighted by atomic mass is 9.92. The number of aromatic nitrogens is 2. The summed E-state index contributed by atoms with van der Waals surface area (Å²) in [5, 5.41) is 0. The van der Waals surface area contributed by atoms with Crippen LogP contribution in [0.25, 0.3) is 0 Å². The van der Waals surface area contributed by atoms with Crippen molar-refractivity contribution in [1.82, 2.24) is 24.3 Å². The number of carbonyl (C=O) groups excluding carboxylic acids is 2. The van der Waals surface area contributed by atoms with Gasteiger partial charge in [-0.3, -0.25) is 4.79 Å². The number of piperidine rings is 2. The maximum Gasteiger partial charge on any atom is 0.319 e. The maximum atomic E-state index is 13.0. The summed E-state index contributed by atoms with van der Waals surface area (Å²) in [5.74, 6) is 1.75. The van der Waals surface area contributed by atoms with E-state index in [0.717, 1.165) is 51.1 Å². The molecule has 144 valence electrons. The van der Waals surface area contributed by atoms with E-state index in [2.05, 4.69) is 16.5 Å². The van der Waals surface area contributed by atoms with Gasteiger partial charge in [-0.15, -0.1) is 0 Å². The largest absolute Gasteiger partial charge is 0.342 e. The van der Waals surface area contributed by atoms with Crippen molar-refractivity contribution in [3.8, 4) is 0 Å². The van der Waals surface area contributed by atoms with Gasteiger partial charge in [0.25, 0.3) is 0 Å². The molecule has 2 aliphatic heterocycles. The van der Waals surface area contributed by atoms with Crippen LogP contribution in [0.4, 0.5) is 4.79 Å². The van der Waals surface area contributed by atoms with E-state index >= 15 is 0 Å². The molecule has 3 rings (SSSR count). The minimum Gasteiger partial charge on any atom is -0.342 e. The Labute approximate surface area is 156 Å². The minimum absolute atomic E-state index is 0.0420. The predicted molar refractivity (Wildman–Crippen MR) is 99.8 cm³/mol. The summed E-state index contributed by atoms with van der Waals surface area (Å²) in [5.41, 5.74) is 0. The molecule has 0 spiro atoms. The fourth-order valence-electron chi connectivity index (χ4n) is 4.19. The highest BCUT2D eigenvalue weighted by molar-refractivity contribution is 5.80. The number of nitrogens with zero attached hydrogens (tertiary/aromatic N) is 5. The monoisotopic (exact) mass is 361 g/mol. The van der Waals surface area contributed by atoms with E-state index in [1.807, 2.05) is 22.2 Å². The lowest BCUT2D eigenvalue weighted by molar-refractivity contribution is -0.138. The van der Waals surface area contributed by atoms with Gasteiger partial charge in [0.15, 0.2) is 0 Å². The molecule has 2 aliphatic rings. The Morgan fingerprint density at radius 3 is 2.54 bits per heavy atom. The van der Waals surface area contributed by atoms with Crippen LogP contribution in [0.2, 0.25) is 0 Å². The SMILES string of the molecule is CCn1ccnc1[C@H]1CCCN(C(=O)C2CCN(C(=O)N(C)C)CC2)C1. The molecule has 0 aromatic carbocycles. The van der Waals surface area contributed by atoms with E-state index in [-0.39, 0.29) is 17.9 Å². The summed E-state index contributed by atoms with van der Waals surface area (Å²) in [4.78, 5) is 35.1. The average molecular weight is 361 g/mol. The van der Waals surface area contributed by atoms with E-state index < -0.39 is 0 Å². The first kappa shape index (κ1) is 18.7. The standard InChI is InChI=1S/C19H31N5O2/c1-4-22-13-9-20-17(22)16-6-5-10-24(14-16)18(25)15-7-11-23(12-8-15)19(26)21(2)3/h9,13,15-16H,4-8,10-12,14H2,1-3H3/t16-/m0/s1. The van der Waals surface area contributed by atoms with Gasteiger partial charge in [0.1, 0.15) is 5.82 Å². The number of amides is 3. The minimum atomic E-state index is 0.0420. The highest BCUT2D eigenvalue weighted by Crippen LogP contribution is 2.28. The maximum absolute atomic E-state index is 13.0. The van der Waals surface area contributed by atoms with Crippen LogP contribution in [-0.4, -0.2) is 76.5 Å². The van der Waals surface area contributed by atoms with Crippen molar-refractivity contribution >= 4 is 11.9 Å². The summed E-state index contributed by atoms with van der Waals surface area (Å²) in [7, 11) is 3.54. The van der Waals surface area contributed by atoms with E-state index in [1.165, 1.54) is 0 Å². The van der Waals surface area contributed by atoms with Gasteiger partial charge in [0.2, 0.25) is 5.91 Å². The van der Waals surface area contributed by atoms with Gasteiger partial charge in [-0.05, 0) is 32.6 Å². The number of carbonyl (C=O) groups is 2. The van der Waals surface area contributed by atoms with Crippen molar-refractivity contribution in [2.45, 2.75) is 45.1 Å². The summed E-state index contributed by atoms with van der Waals surface area (Å²) >= 11 is 0. The molecule has 7 nitrogen and oxygen atoms in total. The van der Waals surface area contributed by atoms with Crippen LogP contribution in [0.1, 0.15) is 44.3 Å². The molecule has 0 unspecified atom stereocenters. The molecule has 1 aromatic rings. The topological polar surface area (TPSA) is 61.7 Å². The first-order valence-electron chi connectivity index (χ1n) is 9.77. The summed E-state index contributed by atoms with van der Waals surface area (Å²) < 4.78 is 2.18. The molecule has 3 amide bonds. The van der Waals surface area contributed by atoms with Gasteiger partial charge in [0.05, 0.1) is 0 Å². The Morgan fingerprint density at radius 2 is 1.88 bits per heavy atom. The quantitative estimate of drug-likeness (QED) is 0.827. The van der Waals surface area contributed by atoms with Gasteiger partial charge >= 0.3 is 6.03 Å². The molecule has 2 saturated heterocycles. The third-order valence-corrected chi connectivity index (χ3v) is 5.68. The second-order valence-electron chi connectivity index (χ2n) is 7.63. The molecule has 1 aromatic heterocycles. The number of likely N-dealkylation sites (tertiary alicyclic amines) is 2. The Kier molecular flexibility index (Phi) is 5.84. The van der Waals surface area contributed by atoms with Crippen LogP contribution >= 0.6 is 0 Å². The Morgan fingerprint density at radius 1 is 1.15 bits per heavy atom. The zero-order chi connectivity index (χ0) is 18.7. The van der Waals surface area contributed by atoms with E-state index in [9.17, 15) is 9.59 Å². The molecule has 0 aliphatic carbocycles. The number of imidazole rings is 1. The molecule has 0 radical (unpaired) electrons. The van der Waals surface area contributed by atoms with Gasteiger partial charge in [0, 0.05) is 71.0 Å². The first-order valence-corrected chi connectivity index (χ1v) is 9.77. The lowest BCUT2D eigenvalue weighted by Crippen LogP contribution is -2.48. The van der Waals surface area contributed by atoms with Crippen molar-refractivity contribution in [2.24, 2.45) is 5.92 Å². The van der Waals surface area contributed by atoms with Gasteiger partial charge in [-0.1, -0.05) is 0 Å². The van der Waals surface area contributed by atoms with Crippen molar-refractivity contribution in [3.63, 3.8) is 0 Å². The van der Waals surface area contributed by atoms with E-state index in [0.29, 0.717) is 19.0 Å². The average Bonchev–Trinajstić information content (AvgIpc) is 3.16. The van der Waals surface area contributed by atoms with Crippen molar-refractivity contribution in [2.75, 3.05) is 40.3 Å². The fourth-order valence-corrected chi connectivity index (χ4v) is 4.19. The third-order valence-electron chi connectivity index (χ3n) is 5.68. The van der Waals surface area contributed by atoms with E-state index in [1.54, 1.807) is 19.0 Å². The van der Waals surface area contributed by atoms with Gasteiger partial charge in [-0.2, -0.15) is 0 Å². The van der Waals surface area contributed by atoms with Crippen LogP contribution in [0.15, 0.2) is 12.4 Å². The van der Waals surface area contributed by atoms with Crippen molar-refractivity contribution in [3.05, 3.63) is 18.2 Å². The highest BCUT2D eigenvalue weighted by Gasteiger charge is 2.33.